The molecule has 0 unspecified atom stereocenters. The Balaban J connectivity index is 2.35. The average molecular weight is 458 g/mol. The smallest absolute Gasteiger partial charge is 0.481 e. The number of alkyl halides is 3. The summed E-state index contributed by atoms with van der Waals surface area (Å²) in [6.45, 7) is 10.7. The third-order valence-corrected chi connectivity index (χ3v) is 6.39. The van der Waals surface area contributed by atoms with Gasteiger partial charge in [0.1, 0.15) is 5.75 Å². The molecule has 1 aromatic rings. The topological polar surface area (TPSA) is 49.8 Å². The lowest BCUT2D eigenvalue weighted by atomic mass is 9.70. The highest BCUT2D eigenvalue weighted by molar-refractivity contribution is 5.67. The molecule has 0 aromatic heterocycles. The third kappa shape index (κ3) is 8.64. The van der Waals surface area contributed by atoms with Crippen LogP contribution < -0.4 is 4.74 Å². The van der Waals surface area contributed by atoms with Crippen molar-refractivity contribution in [2.24, 2.45) is 17.8 Å². The summed E-state index contributed by atoms with van der Waals surface area (Å²) < 4.78 is 41.8. The molecule has 0 heterocycles. The van der Waals surface area contributed by atoms with Crippen molar-refractivity contribution in [3.05, 3.63) is 29.8 Å². The summed E-state index contributed by atoms with van der Waals surface area (Å²) in [4.78, 5) is 14.1. The number of hydrogen-bond acceptors (Lipinski definition) is 3. The van der Waals surface area contributed by atoms with Crippen molar-refractivity contribution in [1.82, 2.24) is 4.90 Å². The standard InChI is InChI=1S/C25H38F3NO3/c1-17(2)12-14-29(15-13-18(3)4)22-7-5-6-20(16-23(30)31)24(22)19-8-10-21(11-9-19)32-25(26,27)28/h8-11,17-18,20,22,24H,5-7,12-16H2,1-4H3,(H,30,31)/t20-,22-,24-/m1/s1. The Morgan fingerprint density at radius 2 is 1.62 bits per heavy atom. The fourth-order valence-corrected chi connectivity index (χ4v) is 4.80. The van der Waals surface area contributed by atoms with Crippen LogP contribution in [0.15, 0.2) is 24.3 Å². The van der Waals surface area contributed by atoms with Gasteiger partial charge >= 0.3 is 12.3 Å². The molecule has 4 nitrogen and oxygen atoms in total. The molecule has 1 aliphatic carbocycles. The number of nitrogens with zero attached hydrogens (tertiary/aromatic N) is 1. The number of carboxylic acids is 1. The second-order valence-electron chi connectivity index (χ2n) is 9.90. The van der Waals surface area contributed by atoms with E-state index in [2.05, 4.69) is 37.3 Å². The minimum absolute atomic E-state index is 0.0286. The van der Waals surface area contributed by atoms with Gasteiger partial charge in [-0.1, -0.05) is 46.2 Å². The second-order valence-corrected chi connectivity index (χ2v) is 9.90. The Labute approximate surface area is 190 Å². The predicted molar refractivity (Wildman–Crippen MR) is 120 cm³/mol. The molecule has 0 amide bonds. The van der Waals surface area contributed by atoms with Crippen molar-refractivity contribution in [2.75, 3.05) is 13.1 Å². The number of hydrogen-bond donors (Lipinski definition) is 1. The van der Waals surface area contributed by atoms with Crippen LogP contribution in [0.3, 0.4) is 0 Å². The van der Waals surface area contributed by atoms with Gasteiger partial charge in [-0.25, -0.2) is 0 Å². The zero-order valence-corrected chi connectivity index (χ0v) is 19.7. The number of aliphatic carboxylic acids is 1. The van der Waals surface area contributed by atoms with E-state index in [1.54, 1.807) is 12.1 Å². The highest BCUT2D eigenvalue weighted by Crippen LogP contribution is 2.43. The molecule has 32 heavy (non-hydrogen) atoms. The number of rotatable bonds is 11. The summed E-state index contributed by atoms with van der Waals surface area (Å²) in [5.41, 5.74) is 0.898. The van der Waals surface area contributed by atoms with Crippen molar-refractivity contribution < 1.29 is 27.8 Å². The molecule has 0 bridgehead atoms. The van der Waals surface area contributed by atoms with Crippen LogP contribution in [0.5, 0.6) is 5.75 Å². The van der Waals surface area contributed by atoms with Crippen molar-refractivity contribution in [2.45, 2.75) is 84.5 Å². The minimum Gasteiger partial charge on any atom is -0.481 e. The van der Waals surface area contributed by atoms with Gasteiger partial charge in [-0.05, 0) is 74.2 Å². The van der Waals surface area contributed by atoms with E-state index in [-0.39, 0.29) is 30.0 Å². The maximum Gasteiger partial charge on any atom is 0.573 e. The quantitative estimate of drug-likeness (QED) is 0.401. The molecule has 1 aliphatic rings. The second kappa shape index (κ2) is 11.9. The number of halogens is 3. The van der Waals surface area contributed by atoms with E-state index in [0.29, 0.717) is 11.8 Å². The summed E-state index contributed by atoms with van der Waals surface area (Å²) in [6, 6.07) is 6.24. The van der Waals surface area contributed by atoms with E-state index in [4.69, 9.17) is 0 Å². The Kier molecular flexibility index (Phi) is 9.86. The minimum atomic E-state index is -4.73. The third-order valence-electron chi connectivity index (χ3n) is 6.39. The molecule has 0 spiro atoms. The first kappa shape index (κ1) is 26.5. The van der Waals surface area contributed by atoms with Crippen molar-refractivity contribution in [3.63, 3.8) is 0 Å². The molecule has 0 aliphatic heterocycles. The normalized spacial score (nSPS) is 22.0. The largest absolute Gasteiger partial charge is 0.573 e. The van der Waals surface area contributed by atoms with E-state index in [0.717, 1.165) is 50.8 Å². The Hall–Kier alpha value is -1.76. The zero-order valence-electron chi connectivity index (χ0n) is 19.7. The molecule has 0 saturated heterocycles. The number of carboxylic acid groups (broad SMARTS) is 1. The van der Waals surface area contributed by atoms with Crippen LogP contribution in [0.25, 0.3) is 0 Å². The molecular weight excluding hydrogens is 419 g/mol. The fourth-order valence-electron chi connectivity index (χ4n) is 4.80. The lowest BCUT2D eigenvalue weighted by Crippen LogP contribution is -2.46. The van der Waals surface area contributed by atoms with Gasteiger partial charge in [-0.3, -0.25) is 9.69 Å². The highest BCUT2D eigenvalue weighted by Gasteiger charge is 2.38. The number of carbonyl (C=O) groups is 1. The first-order valence-electron chi connectivity index (χ1n) is 11.8. The summed E-state index contributed by atoms with van der Waals surface area (Å²) in [5.74, 6) is -0.0202. The van der Waals surface area contributed by atoms with Gasteiger partial charge in [-0.15, -0.1) is 13.2 Å². The van der Waals surface area contributed by atoms with Crippen molar-refractivity contribution in [3.8, 4) is 5.75 Å². The molecule has 1 N–H and O–H groups in total. The maximum atomic E-state index is 12.6. The Morgan fingerprint density at radius 1 is 1.06 bits per heavy atom. The van der Waals surface area contributed by atoms with Crippen LogP contribution in [0.1, 0.15) is 77.7 Å². The average Bonchev–Trinajstić information content (AvgIpc) is 2.67. The van der Waals surface area contributed by atoms with Gasteiger partial charge in [0.2, 0.25) is 0 Å². The molecule has 182 valence electrons. The molecule has 1 saturated carbocycles. The van der Waals surface area contributed by atoms with Gasteiger partial charge < -0.3 is 9.84 Å². The fraction of sp³-hybridized carbons (Fsp3) is 0.720. The number of benzene rings is 1. The van der Waals surface area contributed by atoms with Crippen LogP contribution in [-0.2, 0) is 4.79 Å². The SMILES string of the molecule is CC(C)CCN(CCC(C)C)[C@@H]1CCC[C@H](CC(=O)O)[C@H]1c1ccc(OC(F)(F)F)cc1. The molecule has 1 aromatic carbocycles. The van der Waals surface area contributed by atoms with Gasteiger partial charge in [0.25, 0.3) is 0 Å². The molecule has 1 fully saturated rings. The predicted octanol–water partition coefficient (Wildman–Crippen LogP) is 6.71. The van der Waals surface area contributed by atoms with Gasteiger partial charge in [0.15, 0.2) is 0 Å². The molecule has 0 radical (unpaired) electrons. The van der Waals surface area contributed by atoms with Gasteiger partial charge in [0.05, 0.1) is 0 Å². The van der Waals surface area contributed by atoms with Gasteiger partial charge in [-0.2, -0.15) is 0 Å². The zero-order chi connectivity index (χ0) is 23.9. The van der Waals surface area contributed by atoms with Crippen molar-refractivity contribution in [1.29, 1.82) is 0 Å². The number of ether oxygens (including phenoxy) is 1. The first-order chi connectivity index (χ1) is 15.0. The molecule has 7 heteroatoms. The highest BCUT2D eigenvalue weighted by atomic mass is 19.4. The molecule has 2 rings (SSSR count). The summed E-state index contributed by atoms with van der Waals surface area (Å²) in [7, 11) is 0. The first-order valence-corrected chi connectivity index (χ1v) is 11.8. The maximum absolute atomic E-state index is 12.6. The van der Waals surface area contributed by atoms with Gasteiger partial charge in [0, 0.05) is 18.4 Å². The summed E-state index contributed by atoms with van der Waals surface area (Å²) >= 11 is 0. The summed E-state index contributed by atoms with van der Waals surface area (Å²) in [5, 5.41) is 9.52. The van der Waals surface area contributed by atoms with E-state index in [1.807, 2.05) is 0 Å². The van der Waals surface area contributed by atoms with Crippen molar-refractivity contribution >= 4 is 5.97 Å². The van der Waals surface area contributed by atoms with Crippen LogP contribution in [0.2, 0.25) is 0 Å². The lowest BCUT2D eigenvalue weighted by molar-refractivity contribution is -0.274. The van der Waals surface area contributed by atoms with Crippen LogP contribution >= 0.6 is 0 Å². The van der Waals surface area contributed by atoms with E-state index >= 15 is 0 Å². The monoisotopic (exact) mass is 457 g/mol. The van der Waals surface area contributed by atoms with E-state index < -0.39 is 12.3 Å². The Morgan fingerprint density at radius 3 is 2.09 bits per heavy atom. The van der Waals surface area contributed by atoms with Crippen LogP contribution in [-0.4, -0.2) is 41.5 Å². The van der Waals surface area contributed by atoms with Crippen LogP contribution in [0, 0.1) is 17.8 Å². The van der Waals surface area contributed by atoms with Crippen LogP contribution in [0.4, 0.5) is 13.2 Å². The molecule has 3 atom stereocenters. The van der Waals surface area contributed by atoms with E-state index in [9.17, 15) is 23.1 Å². The van der Waals surface area contributed by atoms with E-state index in [1.165, 1.54) is 12.1 Å². The summed E-state index contributed by atoms with van der Waals surface area (Å²) in [6.07, 6.45) is 0.213. The Bertz CT molecular complexity index is 691. The molecular formula is C25H38F3NO3. The lowest BCUT2D eigenvalue weighted by Gasteiger charge is -2.45.